The molecule has 2 rings (SSSR count). The van der Waals surface area contributed by atoms with Crippen LogP contribution in [0.5, 0.6) is 0 Å². The van der Waals surface area contributed by atoms with E-state index in [0.717, 1.165) is 11.3 Å². The molecule has 0 heterocycles. The summed E-state index contributed by atoms with van der Waals surface area (Å²) in [5, 5.41) is 0.703. The van der Waals surface area contributed by atoms with E-state index in [1.165, 1.54) is 17.4 Å². The number of hydrogen-bond acceptors (Lipinski definition) is 3. The van der Waals surface area contributed by atoms with Gasteiger partial charge in [0.2, 0.25) is 0 Å². The number of ether oxygens (including phenoxy) is 1. The number of carbonyl (C=O) groups excluding carboxylic acids is 1. The van der Waals surface area contributed by atoms with Gasteiger partial charge in [-0.05, 0) is 36.2 Å². The summed E-state index contributed by atoms with van der Waals surface area (Å²) in [7, 11) is 0. The van der Waals surface area contributed by atoms with Crippen LogP contribution in [0.3, 0.4) is 0 Å². The first-order chi connectivity index (χ1) is 10.5. The van der Waals surface area contributed by atoms with Gasteiger partial charge < -0.3 is 4.74 Å². The SMILES string of the molecule is CC(=O)OC(C)Cc1cc(Cl)ccc1SCc1ccccc1. The lowest BCUT2D eigenvalue weighted by Crippen LogP contribution is -2.15. The van der Waals surface area contributed by atoms with Crippen molar-refractivity contribution in [2.24, 2.45) is 0 Å². The molecule has 0 aliphatic carbocycles. The lowest BCUT2D eigenvalue weighted by atomic mass is 10.1. The zero-order chi connectivity index (χ0) is 15.9. The van der Waals surface area contributed by atoms with Crippen LogP contribution in [0.25, 0.3) is 0 Å². The molecule has 0 N–H and O–H groups in total. The van der Waals surface area contributed by atoms with Crippen molar-refractivity contribution >= 4 is 29.3 Å². The van der Waals surface area contributed by atoms with E-state index in [2.05, 4.69) is 12.1 Å². The van der Waals surface area contributed by atoms with Crippen molar-refractivity contribution in [3.05, 3.63) is 64.7 Å². The summed E-state index contributed by atoms with van der Waals surface area (Å²) in [6.07, 6.45) is 0.504. The zero-order valence-electron chi connectivity index (χ0n) is 12.7. The van der Waals surface area contributed by atoms with Gasteiger partial charge in [-0.25, -0.2) is 0 Å². The van der Waals surface area contributed by atoms with Crippen LogP contribution in [0.4, 0.5) is 0 Å². The highest BCUT2D eigenvalue weighted by Gasteiger charge is 2.11. The Kier molecular flexibility index (Phi) is 6.34. The molecule has 2 aromatic carbocycles. The Labute approximate surface area is 140 Å². The number of esters is 1. The summed E-state index contributed by atoms with van der Waals surface area (Å²) in [6, 6.07) is 16.2. The number of rotatable bonds is 6. The molecule has 22 heavy (non-hydrogen) atoms. The van der Waals surface area contributed by atoms with E-state index >= 15 is 0 Å². The van der Waals surface area contributed by atoms with Crippen LogP contribution in [0, 0.1) is 0 Å². The molecule has 1 atom stereocenters. The second-order valence-electron chi connectivity index (χ2n) is 5.15. The first-order valence-corrected chi connectivity index (χ1v) is 8.53. The maximum atomic E-state index is 11.1. The first kappa shape index (κ1) is 16.9. The molecule has 2 aromatic rings. The van der Waals surface area contributed by atoms with E-state index in [4.69, 9.17) is 16.3 Å². The predicted octanol–water partition coefficient (Wildman–Crippen LogP) is 5.13. The van der Waals surface area contributed by atoms with Crippen molar-refractivity contribution in [2.75, 3.05) is 0 Å². The highest BCUT2D eigenvalue weighted by Crippen LogP contribution is 2.29. The molecule has 0 amide bonds. The molecule has 0 bridgehead atoms. The van der Waals surface area contributed by atoms with Gasteiger partial charge in [-0.2, -0.15) is 0 Å². The van der Waals surface area contributed by atoms with Gasteiger partial charge in [0.15, 0.2) is 0 Å². The third-order valence-corrected chi connectivity index (χ3v) is 4.56. The standard InChI is InChI=1S/C18H19ClO2S/c1-13(21-14(2)20)10-16-11-17(19)8-9-18(16)22-12-15-6-4-3-5-7-15/h3-9,11,13H,10,12H2,1-2H3. The largest absolute Gasteiger partial charge is 0.463 e. The van der Waals surface area contributed by atoms with Gasteiger partial charge in [0.05, 0.1) is 0 Å². The van der Waals surface area contributed by atoms with Crippen molar-refractivity contribution in [3.63, 3.8) is 0 Å². The first-order valence-electron chi connectivity index (χ1n) is 7.17. The predicted molar refractivity (Wildman–Crippen MR) is 92.4 cm³/mol. The fourth-order valence-corrected chi connectivity index (χ4v) is 3.42. The molecule has 0 spiro atoms. The van der Waals surface area contributed by atoms with E-state index in [-0.39, 0.29) is 12.1 Å². The molecule has 0 aliphatic heterocycles. The fraction of sp³-hybridized carbons (Fsp3) is 0.278. The summed E-state index contributed by atoms with van der Waals surface area (Å²) in [6.45, 7) is 3.33. The number of thioether (sulfide) groups is 1. The maximum absolute atomic E-state index is 11.1. The molecule has 4 heteroatoms. The molecular formula is C18H19ClO2S. The minimum atomic E-state index is -0.256. The quantitative estimate of drug-likeness (QED) is 0.541. The molecular weight excluding hydrogens is 316 g/mol. The Morgan fingerprint density at radius 3 is 2.64 bits per heavy atom. The van der Waals surface area contributed by atoms with Gasteiger partial charge in [-0.1, -0.05) is 41.9 Å². The third-order valence-electron chi connectivity index (χ3n) is 3.13. The minimum Gasteiger partial charge on any atom is -0.463 e. The monoisotopic (exact) mass is 334 g/mol. The number of carbonyl (C=O) groups is 1. The van der Waals surface area contributed by atoms with Crippen LogP contribution in [0.15, 0.2) is 53.4 Å². The average molecular weight is 335 g/mol. The molecule has 0 saturated carbocycles. The van der Waals surface area contributed by atoms with Crippen LogP contribution < -0.4 is 0 Å². The van der Waals surface area contributed by atoms with Gasteiger partial charge >= 0.3 is 5.97 Å². The van der Waals surface area contributed by atoms with Crippen molar-refractivity contribution in [1.82, 2.24) is 0 Å². The molecule has 0 saturated heterocycles. The van der Waals surface area contributed by atoms with Crippen LogP contribution >= 0.6 is 23.4 Å². The summed E-state index contributed by atoms with van der Waals surface area (Å²) in [5.74, 6) is 0.644. The van der Waals surface area contributed by atoms with E-state index < -0.39 is 0 Å². The molecule has 1 unspecified atom stereocenters. The normalized spacial score (nSPS) is 12.0. The Bertz CT molecular complexity index is 628. The van der Waals surface area contributed by atoms with Crippen molar-refractivity contribution in [3.8, 4) is 0 Å². The highest BCUT2D eigenvalue weighted by atomic mass is 35.5. The van der Waals surface area contributed by atoms with Crippen molar-refractivity contribution in [2.45, 2.75) is 37.0 Å². The molecule has 0 radical (unpaired) electrons. The van der Waals surface area contributed by atoms with E-state index in [9.17, 15) is 4.79 Å². The molecule has 0 aliphatic rings. The molecule has 116 valence electrons. The summed E-state index contributed by atoms with van der Waals surface area (Å²) in [5.41, 5.74) is 2.39. The lowest BCUT2D eigenvalue weighted by molar-refractivity contribution is -0.145. The third kappa shape index (κ3) is 5.39. The minimum absolute atomic E-state index is 0.160. The van der Waals surface area contributed by atoms with Gasteiger partial charge in [0.25, 0.3) is 0 Å². The number of benzene rings is 2. The van der Waals surface area contributed by atoms with Crippen LogP contribution in [-0.2, 0) is 21.7 Å². The zero-order valence-corrected chi connectivity index (χ0v) is 14.3. The summed E-state index contributed by atoms with van der Waals surface area (Å²) < 4.78 is 5.22. The Morgan fingerprint density at radius 2 is 1.95 bits per heavy atom. The Hall–Kier alpha value is -1.45. The summed E-state index contributed by atoms with van der Waals surface area (Å²) in [4.78, 5) is 12.2. The van der Waals surface area contributed by atoms with Crippen LogP contribution in [0.1, 0.15) is 25.0 Å². The van der Waals surface area contributed by atoms with Gasteiger partial charge in [0.1, 0.15) is 6.10 Å². The highest BCUT2D eigenvalue weighted by molar-refractivity contribution is 7.98. The molecule has 0 fully saturated rings. The van der Waals surface area contributed by atoms with Crippen LogP contribution in [0.2, 0.25) is 5.02 Å². The van der Waals surface area contributed by atoms with Gasteiger partial charge in [-0.3, -0.25) is 4.79 Å². The van der Waals surface area contributed by atoms with Crippen molar-refractivity contribution < 1.29 is 9.53 Å². The van der Waals surface area contributed by atoms with Gasteiger partial charge in [0, 0.05) is 29.0 Å². The Morgan fingerprint density at radius 1 is 1.23 bits per heavy atom. The second-order valence-corrected chi connectivity index (χ2v) is 6.60. The molecule has 2 nitrogen and oxygen atoms in total. The smallest absolute Gasteiger partial charge is 0.302 e. The topological polar surface area (TPSA) is 26.3 Å². The fourth-order valence-electron chi connectivity index (χ4n) is 2.22. The Balaban J connectivity index is 2.08. The number of halogens is 1. The second kappa shape index (κ2) is 8.25. The van der Waals surface area contributed by atoms with E-state index in [1.807, 2.05) is 43.3 Å². The maximum Gasteiger partial charge on any atom is 0.302 e. The van der Waals surface area contributed by atoms with Gasteiger partial charge in [-0.15, -0.1) is 11.8 Å². The lowest BCUT2D eigenvalue weighted by Gasteiger charge is -2.15. The number of hydrogen-bond donors (Lipinski definition) is 0. The summed E-state index contributed by atoms with van der Waals surface area (Å²) >= 11 is 7.88. The van der Waals surface area contributed by atoms with E-state index in [1.54, 1.807) is 11.8 Å². The van der Waals surface area contributed by atoms with E-state index in [0.29, 0.717) is 11.4 Å². The van der Waals surface area contributed by atoms with Crippen molar-refractivity contribution in [1.29, 1.82) is 0 Å². The molecule has 0 aromatic heterocycles. The van der Waals surface area contributed by atoms with Crippen LogP contribution in [-0.4, -0.2) is 12.1 Å². The average Bonchev–Trinajstić information content (AvgIpc) is 2.46.